The van der Waals surface area contributed by atoms with Crippen LogP contribution in [0.2, 0.25) is 0 Å². The molecule has 0 aliphatic carbocycles. The van der Waals surface area contributed by atoms with Crippen molar-refractivity contribution in [3.63, 3.8) is 0 Å². The molecule has 2 nitrogen and oxygen atoms in total. The summed E-state index contributed by atoms with van der Waals surface area (Å²) in [7, 11) is 0. The predicted octanol–water partition coefficient (Wildman–Crippen LogP) is 10.0. The van der Waals surface area contributed by atoms with E-state index in [4.69, 9.17) is 0 Å². The minimum atomic E-state index is 0.171. The van der Waals surface area contributed by atoms with Crippen molar-refractivity contribution in [2.75, 3.05) is 13.1 Å². The molecule has 0 heterocycles. The molecule has 0 atom stereocenters. The van der Waals surface area contributed by atoms with Crippen LogP contribution in [0.1, 0.15) is 162 Å². The second-order valence-electron chi connectivity index (χ2n) is 10.1. The lowest BCUT2D eigenvalue weighted by Crippen LogP contribution is -2.33. The van der Waals surface area contributed by atoms with E-state index in [-0.39, 0.29) is 5.91 Å². The largest absolute Gasteiger partial charge is 0.339 e. The minimum Gasteiger partial charge on any atom is -0.339 e. The Kier molecular flexibility index (Phi) is 24.2. The zero-order valence-electron chi connectivity index (χ0n) is 22.5. The number of rotatable bonds is 25. The lowest BCUT2D eigenvalue weighted by Gasteiger charge is -2.23. The molecule has 0 N–H and O–H groups in total. The number of carbonyl (C=O) groups excluding carboxylic acids is 1. The Balaban J connectivity index is 3.71. The van der Waals surface area contributed by atoms with E-state index in [9.17, 15) is 4.79 Å². The minimum absolute atomic E-state index is 0.171. The summed E-state index contributed by atoms with van der Waals surface area (Å²) >= 11 is 0. The van der Waals surface area contributed by atoms with Crippen molar-refractivity contribution >= 4 is 5.91 Å². The average Bonchev–Trinajstić information content (AvgIpc) is 2.79. The van der Waals surface area contributed by atoms with E-state index in [1.165, 1.54) is 128 Å². The number of carbonyl (C=O) groups is 1. The van der Waals surface area contributed by atoms with E-state index in [0.29, 0.717) is 5.57 Å². The summed E-state index contributed by atoms with van der Waals surface area (Å²) in [5, 5.41) is 0. The summed E-state index contributed by atoms with van der Waals surface area (Å²) in [6.45, 7) is 12.1. The first-order valence-corrected chi connectivity index (χ1v) is 14.6. The van der Waals surface area contributed by atoms with Gasteiger partial charge < -0.3 is 4.90 Å². The molecular formula is C30H59NO. The first-order chi connectivity index (χ1) is 15.6. The van der Waals surface area contributed by atoms with Crippen LogP contribution in [0, 0.1) is 0 Å². The molecule has 0 spiro atoms. The molecule has 0 bridgehead atoms. The molecule has 2 heteroatoms. The van der Waals surface area contributed by atoms with E-state index in [2.05, 4.69) is 25.3 Å². The maximum Gasteiger partial charge on any atom is 0.248 e. The molecule has 0 aliphatic heterocycles. The average molecular weight is 450 g/mol. The van der Waals surface area contributed by atoms with Gasteiger partial charge in [-0.25, -0.2) is 0 Å². The van der Waals surface area contributed by atoms with Crippen molar-refractivity contribution in [1.29, 1.82) is 0 Å². The SMILES string of the molecule is C=C(C)C(=O)N(CCCCCCCCCCCCC)CCCCCCCCCCCCC. The highest BCUT2D eigenvalue weighted by atomic mass is 16.2. The van der Waals surface area contributed by atoms with Crippen molar-refractivity contribution in [1.82, 2.24) is 4.90 Å². The molecule has 1 amide bonds. The molecule has 32 heavy (non-hydrogen) atoms. The zero-order chi connectivity index (χ0) is 23.7. The Bertz CT molecular complexity index is 391. The molecule has 0 aromatic heterocycles. The van der Waals surface area contributed by atoms with E-state index in [1.807, 2.05) is 6.92 Å². The third kappa shape index (κ3) is 21.1. The molecule has 0 unspecified atom stereocenters. The molecule has 0 radical (unpaired) electrons. The second-order valence-corrected chi connectivity index (χ2v) is 10.1. The Morgan fingerprint density at radius 2 is 0.750 bits per heavy atom. The number of unbranched alkanes of at least 4 members (excludes halogenated alkanes) is 20. The Labute approximate surface area is 203 Å². The van der Waals surface area contributed by atoms with Gasteiger partial charge in [0.25, 0.3) is 0 Å². The first kappa shape index (κ1) is 31.2. The zero-order valence-corrected chi connectivity index (χ0v) is 22.5. The van der Waals surface area contributed by atoms with Crippen molar-refractivity contribution in [3.05, 3.63) is 12.2 Å². The maximum absolute atomic E-state index is 12.5. The van der Waals surface area contributed by atoms with Crippen molar-refractivity contribution in [2.45, 2.75) is 162 Å². The highest BCUT2D eigenvalue weighted by Gasteiger charge is 2.13. The fraction of sp³-hybridized carbons (Fsp3) is 0.900. The number of hydrogen-bond donors (Lipinski definition) is 0. The molecule has 0 rings (SSSR count). The lowest BCUT2D eigenvalue weighted by molar-refractivity contribution is -0.127. The Morgan fingerprint density at radius 3 is 1.00 bits per heavy atom. The summed E-state index contributed by atoms with van der Waals surface area (Å²) in [6, 6.07) is 0. The van der Waals surface area contributed by atoms with Gasteiger partial charge in [-0.2, -0.15) is 0 Å². The monoisotopic (exact) mass is 449 g/mol. The van der Waals surface area contributed by atoms with E-state index < -0.39 is 0 Å². The van der Waals surface area contributed by atoms with Gasteiger partial charge in [-0.05, 0) is 19.8 Å². The fourth-order valence-electron chi connectivity index (χ4n) is 4.52. The number of nitrogens with zero attached hydrogens (tertiary/aromatic N) is 1. The molecule has 0 fully saturated rings. The summed E-state index contributed by atoms with van der Waals surface area (Å²) in [4.78, 5) is 14.6. The first-order valence-electron chi connectivity index (χ1n) is 14.6. The van der Waals surface area contributed by atoms with Crippen LogP contribution in [0.3, 0.4) is 0 Å². The summed E-state index contributed by atoms with van der Waals surface area (Å²) in [5.74, 6) is 0.171. The van der Waals surface area contributed by atoms with Crippen LogP contribution in [-0.4, -0.2) is 23.9 Å². The second kappa shape index (κ2) is 24.8. The van der Waals surface area contributed by atoms with Gasteiger partial charge in [0.05, 0.1) is 0 Å². The summed E-state index contributed by atoms with van der Waals surface area (Å²) in [5.41, 5.74) is 0.691. The summed E-state index contributed by atoms with van der Waals surface area (Å²) < 4.78 is 0. The summed E-state index contributed by atoms with van der Waals surface area (Å²) in [6.07, 6.45) is 29.8. The standard InChI is InChI=1S/C30H59NO/c1-5-7-9-11-13-15-17-19-21-23-25-27-31(30(32)29(3)4)28-26-24-22-20-18-16-14-12-10-8-6-2/h3,5-28H2,1-2,4H3. The normalized spacial score (nSPS) is 11.1. The van der Waals surface area contributed by atoms with Crippen LogP contribution < -0.4 is 0 Å². The fourth-order valence-corrected chi connectivity index (χ4v) is 4.52. The molecule has 0 saturated carbocycles. The van der Waals surface area contributed by atoms with Gasteiger partial charge in [0, 0.05) is 18.7 Å². The number of amides is 1. The van der Waals surface area contributed by atoms with Crippen LogP contribution in [0.15, 0.2) is 12.2 Å². The van der Waals surface area contributed by atoms with E-state index in [1.54, 1.807) is 0 Å². The van der Waals surface area contributed by atoms with Gasteiger partial charge in [-0.1, -0.05) is 149 Å². The number of hydrogen-bond acceptors (Lipinski definition) is 1. The molecular weight excluding hydrogens is 390 g/mol. The van der Waals surface area contributed by atoms with Gasteiger partial charge >= 0.3 is 0 Å². The maximum atomic E-state index is 12.5. The van der Waals surface area contributed by atoms with Gasteiger partial charge in [-0.3, -0.25) is 4.79 Å². The van der Waals surface area contributed by atoms with Crippen LogP contribution in [0.5, 0.6) is 0 Å². The smallest absolute Gasteiger partial charge is 0.248 e. The molecule has 190 valence electrons. The van der Waals surface area contributed by atoms with E-state index in [0.717, 1.165) is 25.9 Å². The van der Waals surface area contributed by atoms with Gasteiger partial charge in [-0.15, -0.1) is 0 Å². The van der Waals surface area contributed by atoms with E-state index >= 15 is 0 Å². The van der Waals surface area contributed by atoms with Gasteiger partial charge in [0.1, 0.15) is 0 Å². The predicted molar refractivity (Wildman–Crippen MR) is 144 cm³/mol. The van der Waals surface area contributed by atoms with Crippen LogP contribution in [0.4, 0.5) is 0 Å². The highest BCUT2D eigenvalue weighted by Crippen LogP contribution is 2.14. The van der Waals surface area contributed by atoms with Crippen molar-refractivity contribution in [3.8, 4) is 0 Å². The molecule has 0 aromatic rings. The third-order valence-electron chi connectivity index (χ3n) is 6.72. The molecule has 0 aromatic carbocycles. The Morgan fingerprint density at radius 1 is 0.500 bits per heavy atom. The Hall–Kier alpha value is -0.790. The highest BCUT2D eigenvalue weighted by molar-refractivity contribution is 5.92. The quantitative estimate of drug-likeness (QED) is 0.100. The molecule has 0 aliphatic rings. The van der Waals surface area contributed by atoms with Crippen molar-refractivity contribution < 1.29 is 4.79 Å². The third-order valence-corrected chi connectivity index (χ3v) is 6.72. The topological polar surface area (TPSA) is 20.3 Å². The van der Waals surface area contributed by atoms with Crippen LogP contribution >= 0.6 is 0 Å². The van der Waals surface area contributed by atoms with Crippen molar-refractivity contribution in [2.24, 2.45) is 0 Å². The van der Waals surface area contributed by atoms with Gasteiger partial charge in [0.2, 0.25) is 5.91 Å². The lowest BCUT2D eigenvalue weighted by atomic mass is 10.1. The molecule has 0 saturated heterocycles. The van der Waals surface area contributed by atoms with Crippen LogP contribution in [-0.2, 0) is 4.79 Å². The van der Waals surface area contributed by atoms with Gasteiger partial charge in [0.15, 0.2) is 0 Å². The van der Waals surface area contributed by atoms with Crippen LogP contribution in [0.25, 0.3) is 0 Å².